The van der Waals surface area contributed by atoms with Crippen LogP contribution in [0, 0.1) is 18.8 Å². The highest BCUT2D eigenvalue weighted by Crippen LogP contribution is 2.34. The zero-order valence-electron chi connectivity index (χ0n) is 14.9. The molecule has 1 aliphatic carbocycles. The van der Waals surface area contributed by atoms with Gasteiger partial charge in [0.2, 0.25) is 17.6 Å². The normalized spacial score (nSPS) is 24.2. The Balaban J connectivity index is 1.37. The van der Waals surface area contributed by atoms with Crippen LogP contribution in [-0.2, 0) is 4.79 Å². The number of hydrogen-bond donors (Lipinski definition) is 0. The van der Waals surface area contributed by atoms with Gasteiger partial charge < -0.3 is 9.42 Å². The Morgan fingerprint density at radius 1 is 1.28 bits per heavy atom. The predicted octanol–water partition coefficient (Wildman–Crippen LogP) is 3.80. The van der Waals surface area contributed by atoms with Gasteiger partial charge in [0, 0.05) is 24.6 Å². The maximum atomic E-state index is 12.6. The zero-order chi connectivity index (χ0) is 17.4. The number of likely N-dealkylation sites (tertiary alicyclic amines) is 1. The van der Waals surface area contributed by atoms with E-state index in [0.29, 0.717) is 36.6 Å². The quantitative estimate of drug-likeness (QED) is 0.853. The highest BCUT2D eigenvalue weighted by atomic mass is 16.5. The fourth-order valence-corrected chi connectivity index (χ4v) is 4.03. The van der Waals surface area contributed by atoms with Crippen LogP contribution in [0.3, 0.4) is 0 Å². The second kappa shape index (κ2) is 6.62. The van der Waals surface area contributed by atoms with Gasteiger partial charge in [-0.3, -0.25) is 4.79 Å². The molecular formula is C20H25N3O2. The average Bonchev–Trinajstić information content (AvgIpc) is 3.03. The summed E-state index contributed by atoms with van der Waals surface area (Å²) in [6.45, 7) is 5.72. The standard InChI is InChI=1S/C20H25N3O2/c1-13-5-3-7-15(9-13)18-21-19(25-22-18)17-11-23(12-17)20(24)16-8-4-6-14(2)10-16/h3,5,7,9,14,16-17H,4,6,8,10-12H2,1-2H3. The van der Waals surface area contributed by atoms with Crippen LogP contribution in [0.1, 0.15) is 50.0 Å². The van der Waals surface area contributed by atoms with Crippen LogP contribution < -0.4 is 0 Å². The minimum Gasteiger partial charge on any atom is -0.341 e. The van der Waals surface area contributed by atoms with Crippen molar-refractivity contribution < 1.29 is 9.32 Å². The summed E-state index contributed by atoms with van der Waals surface area (Å²) in [5, 5.41) is 4.11. The molecule has 1 saturated heterocycles. The first-order valence-corrected chi connectivity index (χ1v) is 9.29. The minimum atomic E-state index is 0.177. The molecule has 2 atom stereocenters. The molecule has 0 spiro atoms. The summed E-state index contributed by atoms with van der Waals surface area (Å²) in [5.74, 6) is 2.67. The van der Waals surface area contributed by atoms with E-state index in [2.05, 4.69) is 23.1 Å². The summed E-state index contributed by atoms with van der Waals surface area (Å²) in [6.07, 6.45) is 4.52. The number of carbonyl (C=O) groups excluding carboxylic acids is 1. The van der Waals surface area contributed by atoms with Crippen molar-refractivity contribution in [3.63, 3.8) is 0 Å². The van der Waals surface area contributed by atoms with E-state index >= 15 is 0 Å². The van der Waals surface area contributed by atoms with Crippen LogP contribution in [0.5, 0.6) is 0 Å². The first kappa shape index (κ1) is 16.3. The molecule has 0 bridgehead atoms. The van der Waals surface area contributed by atoms with Crippen molar-refractivity contribution in [3.8, 4) is 11.4 Å². The fraction of sp³-hybridized carbons (Fsp3) is 0.550. The number of rotatable bonds is 3. The lowest BCUT2D eigenvalue weighted by Crippen LogP contribution is -2.51. The molecule has 1 saturated carbocycles. The van der Waals surface area contributed by atoms with Gasteiger partial charge in [0.05, 0.1) is 5.92 Å². The van der Waals surface area contributed by atoms with Crippen LogP contribution in [0.15, 0.2) is 28.8 Å². The molecule has 2 fully saturated rings. The largest absolute Gasteiger partial charge is 0.341 e. The van der Waals surface area contributed by atoms with Crippen LogP contribution in [0.4, 0.5) is 0 Å². The van der Waals surface area contributed by atoms with Crippen molar-refractivity contribution in [2.24, 2.45) is 11.8 Å². The molecule has 1 amide bonds. The molecule has 2 heterocycles. The van der Waals surface area contributed by atoms with Crippen molar-refractivity contribution in [1.82, 2.24) is 15.0 Å². The highest BCUT2D eigenvalue weighted by Gasteiger charge is 2.39. The molecule has 0 radical (unpaired) electrons. The zero-order valence-corrected chi connectivity index (χ0v) is 14.9. The minimum absolute atomic E-state index is 0.177. The van der Waals surface area contributed by atoms with Crippen molar-refractivity contribution in [2.45, 2.75) is 45.4 Å². The van der Waals surface area contributed by atoms with Crippen molar-refractivity contribution >= 4 is 5.91 Å². The van der Waals surface area contributed by atoms with Crippen molar-refractivity contribution in [1.29, 1.82) is 0 Å². The molecule has 1 aromatic carbocycles. The van der Waals surface area contributed by atoms with E-state index in [-0.39, 0.29) is 11.8 Å². The number of carbonyl (C=O) groups is 1. The van der Waals surface area contributed by atoms with Crippen LogP contribution in [0.25, 0.3) is 11.4 Å². The second-order valence-corrected chi connectivity index (χ2v) is 7.73. The third-order valence-electron chi connectivity index (χ3n) is 5.55. The summed E-state index contributed by atoms with van der Waals surface area (Å²) < 4.78 is 5.45. The van der Waals surface area contributed by atoms with E-state index in [1.54, 1.807) is 0 Å². The number of hydrogen-bond acceptors (Lipinski definition) is 4. The van der Waals surface area contributed by atoms with Crippen molar-refractivity contribution in [2.75, 3.05) is 13.1 Å². The third-order valence-corrected chi connectivity index (χ3v) is 5.55. The third kappa shape index (κ3) is 3.32. The fourth-order valence-electron chi connectivity index (χ4n) is 4.03. The molecule has 1 aliphatic heterocycles. The first-order valence-electron chi connectivity index (χ1n) is 9.29. The van der Waals surface area contributed by atoms with Crippen molar-refractivity contribution in [3.05, 3.63) is 35.7 Å². The van der Waals surface area contributed by atoms with Crippen LogP contribution >= 0.6 is 0 Å². The van der Waals surface area contributed by atoms with E-state index in [0.717, 1.165) is 18.4 Å². The topological polar surface area (TPSA) is 59.2 Å². The molecule has 0 N–H and O–H groups in total. The van der Waals surface area contributed by atoms with Gasteiger partial charge >= 0.3 is 0 Å². The number of aryl methyl sites for hydroxylation is 1. The lowest BCUT2D eigenvalue weighted by Gasteiger charge is -2.40. The van der Waals surface area contributed by atoms with E-state index in [4.69, 9.17) is 4.52 Å². The second-order valence-electron chi connectivity index (χ2n) is 7.73. The van der Waals surface area contributed by atoms with Crippen LogP contribution in [-0.4, -0.2) is 34.0 Å². The summed E-state index contributed by atoms with van der Waals surface area (Å²) in [6, 6.07) is 8.08. The summed E-state index contributed by atoms with van der Waals surface area (Å²) in [5.41, 5.74) is 2.14. The molecule has 25 heavy (non-hydrogen) atoms. The van der Waals surface area contributed by atoms with Gasteiger partial charge in [-0.25, -0.2) is 0 Å². The van der Waals surface area contributed by atoms with Gasteiger partial charge in [0.25, 0.3) is 0 Å². The van der Waals surface area contributed by atoms with Gasteiger partial charge in [-0.05, 0) is 31.7 Å². The van der Waals surface area contributed by atoms with E-state index in [1.165, 1.54) is 18.4 Å². The summed E-state index contributed by atoms with van der Waals surface area (Å²) in [4.78, 5) is 19.1. The maximum Gasteiger partial charge on any atom is 0.233 e. The van der Waals surface area contributed by atoms with E-state index in [1.807, 2.05) is 30.0 Å². The molecule has 5 heteroatoms. The van der Waals surface area contributed by atoms with Gasteiger partial charge in [-0.2, -0.15) is 4.98 Å². The Morgan fingerprint density at radius 2 is 2.12 bits per heavy atom. The Kier molecular flexibility index (Phi) is 4.32. The average molecular weight is 339 g/mol. The molecule has 132 valence electrons. The predicted molar refractivity (Wildman–Crippen MR) is 94.9 cm³/mol. The Morgan fingerprint density at radius 3 is 2.88 bits per heavy atom. The molecular weight excluding hydrogens is 314 g/mol. The van der Waals surface area contributed by atoms with E-state index in [9.17, 15) is 4.79 Å². The molecule has 1 aromatic heterocycles. The van der Waals surface area contributed by atoms with Gasteiger partial charge in [-0.15, -0.1) is 0 Å². The molecule has 2 unspecified atom stereocenters. The molecule has 4 rings (SSSR count). The van der Waals surface area contributed by atoms with Gasteiger partial charge in [0.15, 0.2) is 0 Å². The number of nitrogens with zero attached hydrogens (tertiary/aromatic N) is 3. The van der Waals surface area contributed by atoms with Crippen LogP contribution in [0.2, 0.25) is 0 Å². The molecule has 2 aromatic rings. The number of amides is 1. The lowest BCUT2D eigenvalue weighted by molar-refractivity contribution is -0.142. The lowest BCUT2D eigenvalue weighted by atomic mass is 9.81. The Bertz CT molecular complexity index is 764. The van der Waals surface area contributed by atoms with Gasteiger partial charge in [-0.1, -0.05) is 48.7 Å². The maximum absolute atomic E-state index is 12.6. The summed E-state index contributed by atoms with van der Waals surface area (Å²) >= 11 is 0. The summed E-state index contributed by atoms with van der Waals surface area (Å²) in [7, 11) is 0. The Hall–Kier alpha value is -2.17. The number of benzene rings is 1. The molecule has 5 nitrogen and oxygen atoms in total. The Labute approximate surface area is 148 Å². The smallest absolute Gasteiger partial charge is 0.233 e. The highest BCUT2D eigenvalue weighted by molar-refractivity contribution is 5.80. The van der Waals surface area contributed by atoms with E-state index < -0.39 is 0 Å². The monoisotopic (exact) mass is 339 g/mol. The number of aromatic nitrogens is 2. The van der Waals surface area contributed by atoms with Gasteiger partial charge in [0.1, 0.15) is 0 Å². The molecule has 2 aliphatic rings. The first-order chi connectivity index (χ1) is 12.1. The SMILES string of the molecule is Cc1cccc(-c2noc(C3CN(C(=O)C4CCCC(C)C4)C3)n2)c1.